The molecule has 0 aliphatic heterocycles. The summed E-state index contributed by atoms with van der Waals surface area (Å²) in [4.78, 5) is 20.8. The second-order valence-electron chi connectivity index (χ2n) is 6.31. The second kappa shape index (κ2) is 11.2. The predicted molar refractivity (Wildman–Crippen MR) is 119 cm³/mol. The lowest BCUT2D eigenvalue weighted by atomic mass is 10.1. The number of carbonyl (C=O) groups is 1. The van der Waals surface area contributed by atoms with Gasteiger partial charge in [0.05, 0.1) is 13.0 Å². The average Bonchev–Trinajstić information content (AvgIpc) is 2.69. The number of hydrogen-bond acceptors (Lipinski definition) is 5. The maximum absolute atomic E-state index is 11.6. The Labute approximate surface area is 177 Å². The van der Waals surface area contributed by atoms with Crippen molar-refractivity contribution in [3.8, 4) is 0 Å². The van der Waals surface area contributed by atoms with Crippen molar-refractivity contribution in [1.29, 1.82) is 0 Å². The lowest BCUT2D eigenvalue weighted by Crippen LogP contribution is -2.07. The van der Waals surface area contributed by atoms with Gasteiger partial charge in [-0.3, -0.25) is 4.79 Å². The van der Waals surface area contributed by atoms with Crippen LogP contribution in [0.15, 0.2) is 60.2 Å². The highest BCUT2D eigenvalue weighted by molar-refractivity contribution is 6.29. The number of nitrogens with zero attached hydrogens (tertiary/aromatic N) is 2. The van der Waals surface area contributed by atoms with Crippen LogP contribution >= 0.6 is 11.6 Å². The first-order valence-corrected chi connectivity index (χ1v) is 9.89. The standard InChI is InChI=1S/C23H26ClN3O2/c1-5-8-18(13-16(4)24)23-26-19(6-2)15-21(27-23)25-20-11-9-17(10-12-20)14-22(28)29-7-3/h5,8-13,15H,1,6-7,14H2,2-4H3,(H,25,26,27)/b16-13+,18-8+. The summed E-state index contributed by atoms with van der Waals surface area (Å²) in [5.41, 5.74) is 3.45. The third-order valence-electron chi connectivity index (χ3n) is 3.93. The number of nitrogens with one attached hydrogen (secondary N) is 1. The number of halogens is 1. The Morgan fingerprint density at radius 3 is 2.55 bits per heavy atom. The molecule has 0 aliphatic rings. The van der Waals surface area contributed by atoms with Crippen LogP contribution in [0.4, 0.5) is 11.5 Å². The highest BCUT2D eigenvalue weighted by Gasteiger charge is 2.09. The summed E-state index contributed by atoms with van der Waals surface area (Å²) in [6, 6.07) is 9.52. The van der Waals surface area contributed by atoms with Gasteiger partial charge in [-0.25, -0.2) is 9.97 Å². The van der Waals surface area contributed by atoms with Crippen molar-refractivity contribution in [3.63, 3.8) is 0 Å². The average molecular weight is 412 g/mol. The minimum Gasteiger partial charge on any atom is -0.466 e. The lowest BCUT2D eigenvalue weighted by molar-refractivity contribution is -0.142. The van der Waals surface area contributed by atoms with Crippen LogP contribution in [-0.2, 0) is 22.4 Å². The van der Waals surface area contributed by atoms with Gasteiger partial charge in [0.1, 0.15) is 5.82 Å². The van der Waals surface area contributed by atoms with Crippen molar-refractivity contribution >= 4 is 34.6 Å². The molecule has 0 atom stereocenters. The molecule has 0 radical (unpaired) electrons. The van der Waals surface area contributed by atoms with E-state index in [1.807, 2.05) is 49.4 Å². The second-order valence-corrected chi connectivity index (χ2v) is 6.91. The molecule has 1 heterocycles. The monoisotopic (exact) mass is 411 g/mol. The first-order valence-electron chi connectivity index (χ1n) is 9.51. The zero-order chi connectivity index (χ0) is 21.2. The molecule has 2 aromatic rings. The van der Waals surface area contributed by atoms with E-state index in [-0.39, 0.29) is 12.4 Å². The summed E-state index contributed by atoms with van der Waals surface area (Å²) < 4.78 is 4.98. The van der Waals surface area contributed by atoms with Gasteiger partial charge in [0.25, 0.3) is 0 Å². The number of hydrogen-bond donors (Lipinski definition) is 1. The van der Waals surface area contributed by atoms with Crippen molar-refractivity contribution in [2.45, 2.75) is 33.6 Å². The smallest absolute Gasteiger partial charge is 0.310 e. The van der Waals surface area contributed by atoms with Gasteiger partial charge in [-0.15, -0.1) is 0 Å². The molecule has 0 saturated carbocycles. The molecule has 5 nitrogen and oxygen atoms in total. The number of anilines is 2. The zero-order valence-electron chi connectivity index (χ0n) is 17.0. The number of ether oxygens (including phenoxy) is 1. The number of rotatable bonds is 9. The van der Waals surface area contributed by atoms with Gasteiger partial charge in [-0.05, 0) is 44.0 Å². The fraction of sp³-hybridized carbons (Fsp3) is 0.261. The van der Waals surface area contributed by atoms with Crippen LogP contribution in [0.3, 0.4) is 0 Å². The van der Waals surface area contributed by atoms with Crippen molar-refractivity contribution in [2.75, 3.05) is 11.9 Å². The van der Waals surface area contributed by atoms with E-state index in [1.54, 1.807) is 19.9 Å². The topological polar surface area (TPSA) is 64.1 Å². The molecule has 0 fully saturated rings. The third-order valence-corrected chi connectivity index (χ3v) is 4.04. The zero-order valence-corrected chi connectivity index (χ0v) is 17.8. The number of aromatic nitrogens is 2. The molecule has 0 aliphatic carbocycles. The minimum atomic E-state index is -0.231. The summed E-state index contributed by atoms with van der Waals surface area (Å²) in [7, 11) is 0. The normalized spacial score (nSPS) is 11.9. The molecule has 0 unspecified atom stereocenters. The number of allylic oxidation sites excluding steroid dienone is 5. The van der Waals surface area contributed by atoms with Gasteiger partial charge in [-0.1, -0.05) is 49.4 Å². The molecule has 0 bridgehead atoms. The Kier molecular flexibility index (Phi) is 8.62. The SMILES string of the molecule is C=C/C=C(\C=C(/C)Cl)c1nc(CC)cc(Nc2ccc(CC(=O)OCC)cc2)n1. The Hall–Kier alpha value is -2.92. The molecule has 2 rings (SSSR count). The summed E-state index contributed by atoms with van der Waals surface area (Å²) in [6.45, 7) is 9.78. The van der Waals surface area contributed by atoms with E-state index >= 15 is 0 Å². The van der Waals surface area contributed by atoms with E-state index in [1.165, 1.54) is 0 Å². The number of benzene rings is 1. The first-order chi connectivity index (χ1) is 13.9. The molecule has 0 amide bonds. The first kappa shape index (κ1) is 22.4. The molecule has 0 saturated heterocycles. The molecule has 29 heavy (non-hydrogen) atoms. The molecular weight excluding hydrogens is 386 g/mol. The Balaban J connectivity index is 2.26. The van der Waals surface area contributed by atoms with Gasteiger partial charge in [0.15, 0.2) is 5.82 Å². The molecule has 6 heteroatoms. The maximum atomic E-state index is 11.6. The number of esters is 1. The van der Waals surface area contributed by atoms with Gasteiger partial charge >= 0.3 is 5.97 Å². The van der Waals surface area contributed by atoms with Crippen molar-refractivity contribution in [3.05, 3.63) is 77.3 Å². The van der Waals surface area contributed by atoms with Crippen LogP contribution in [-0.4, -0.2) is 22.5 Å². The van der Waals surface area contributed by atoms with Crippen molar-refractivity contribution in [2.24, 2.45) is 0 Å². The lowest BCUT2D eigenvalue weighted by Gasteiger charge is -2.11. The fourth-order valence-electron chi connectivity index (χ4n) is 2.63. The Morgan fingerprint density at radius 1 is 1.24 bits per heavy atom. The summed E-state index contributed by atoms with van der Waals surface area (Å²) >= 11 is 6.05. The van der Waals surface area contributed by atoms with Crippen LogP contribution in [0.1, 0.15) is 37.9 Å². The third kappa shape index (κ3) is 7.20. The van der Waals surface area contributed by atoms with E-state index < -0.39 is 0 Å². The molecular formula is C23H26ClN3O2. The molecule has 0 spiro atoms. The summed E-state index contributed by atoms with van der Waals surface area (Å²) in [6.07, 6.45) is 6.35. The summed E-state index contributed by atoms with van der Waals surface area (Å²) in [5, 5.41) is 3.94. The van der Waals surface area contributed by atoms with E-state index in [0.717, 1.165) is 28.9 Å². The number of aryl methyl sites for hydroxylation is 1. The van der Waals surface area contributed by atoms with Crippen LogP contribution in [0.25, 0.3) is 5.57 Å². The molecule has 1 aromatic heterocycles. The van der Waals surface area contributed by atoms with Gasteiger partial charge in [0, 0.05) is 28.1 Å². The Morgan fingerprint density at radius 2 is 1.97 bits per heavy atom. The number of carbonyl (C=O) groups excluding carboxylic acids is 1. The quantitative estimate of drug-likeness (QED) is 0.429. The maximum Gasteiger partial charge on any atom is 0.310 e. The van der Waals surface area contributed by atoms with Crippen molar-refractivity contribution in [1.82, 2.24) is 9.97 Å². The van der Waals surface area contributed by atoms with Crippen LogP contribution < -0.4 is 5.32 Å². The Bertz CT molecular complexity index is 914. The van der Waals surface area contributed by atoms with Gasteiger partial charge < -0.3 is 10.1 Å². The highest BCUT2D eigenvalue weighted by atomic mass is 35.5. The summed E-state index contributed by atoms with van der Waals surface area (Å²) in [5.74, 6) is 1.02. The molecule has 1 aromatic carbocycles. The fourth-order valence-corrected chi connectivity index (χ4v) is 2.75. The minimum absolute atomic E-state index is 0.231. The molecule has 1 N–H and O–H groups in total. The predicted octanol–water partition coefficient (Wildman–Crippen LogP) is 5.60. The molecule has 152 valence electrons. The van der Waals surface area contributed by atoms with Crippen LogP contribution in [0, 0.1) is 0 Å². The largest absolute Gasteiger partial charge is 0.466 e. The highest BCUT2D eigenvalue weighted by Crippen LogP contribution is 2.21. The van der Waals surface area contributed by atoms with E-state index in [2.05, 4.69) is 21.9 Å². The van der Waals surface area contributed by atoms with Gasteiger partial charge in [-0.2, -0.15) is 0 Å². The van der Waals surface area contributed by atoms with Crippen molar-refractivity contribution < 1.29 is 9.53 Å². The van der Waals surface area contributed by atoms with Crippen LogP contribution in [0.2, 0.25) is 0 Å². The van der Waals surface area contributed by atoms with E-state index in [0.29, 0.717) is 23.3 Å². The van der Waals surface area contributed by atoms with Crippen LogP contribution in [0.5, 0.6) is 0 Å². The van der Waals surface area contributed by atoms with Gasteiger partial charge in [0.2, 0.25) is 0 Å². The van der Waals surface area contributed by atoms with E-state index in [4.69, 9.17) is 16.3 Å². The van der Waals surface area contributed by atoms with E-state index in [9.17, 15) is 4.79 Å².